The molecule has 0 aliphatic carbocycles. The van der Waals surface area contributed by atoms with Crippen LogP contribution in [0.15, 0.2) is 12.3 Å². The van der Waals surface area contributed by atoms with Crippen LogP contribution in [-0.2, 0) is 0 Å². The standard InChI is InChI=1S/C4H6N4.H3N/c5-3-1-2-7-4(6)8-3;/h1-2H,(H4,5,6,7,8);1H3. The third-order valence-electron chi connectivity index (χ3n) is 0.696. The second-order valence-electron chi connectivity index (χ2n) is 1.34. The van der Waals surface area contributed by atoms with E-state index in [0.717, 1.165) is 0 Å². The first-order valence-corrected chi connectivity index (χ1v) is 2.13. The number of rotatable bonds is 0. The van der Waals surface area contributed by atoms with Crippen molar-refractivity contribution in [3.8, 4) is 0 Å². The zero-order valence-corrected chi connectivity index (χ0v) is 4.91. The summed E-state index contributed by atoms with van der Waals surface area (Å²) in [5.41, 5.74) is 10.4. The fraction of sp³-hybridized carbons (Fsp3) is 0. The van der Waals surface area contributed by atoms with Crippen LogP contribution in [0, 0.1) is 0 Å². The highest BCUT2D eigenvalue weighted by Crippen LogP contribution is 1.94. The molecule has 0 aliphatic rings. The molecule has 50 valence electrons. The topological polar surface area (TPSA) is 113 Å². The van der Waals surface area contributed by atoms with Gasteiger partial charge < -0.3 is 17.6 Å². The summed E-state index contributed by atoms with van der Waals surface area (Å²) in [6.45, 7) is 0. The van der Waals surface area contributed by atoms with Gasteiger partial charge >= 0.3 is 0 Å². The van der Waals surface area contributed by atoms with E-state index in [-0.39, 0.29) is 12.1 Å². The Morgan fingerprint density at radius 3 is 2.33 bits per heavy atom. The Morgan fingerprint density at radius 1 is 1.33 bits per heavy atom. The molecule has 1 rings (SSSR count). The minimum absolute atomic E-state index is 0. The molecule has 0 saturated carbocycles. The quantitative estimate of drug-likeness (QED) is 0.446. The number of hydrogen-bond acceptors (Lipinski definition) is 5. The predicted molar refractivity (Wildman–Crippen MR) is 35.9 cm³/mol. The third-order valence-corrected chi connectivity index (χ3v) is 0.696. The van der Waals surface area contributed by atoms with E-state index in [1.54, 1.807) is 6.07 Å². The molecule has 5 heteroatoms. The van der Waals surface area contributed by atoms with Gasteiger partial charge in [-0.1, -0.05) is 0 Å². The minimum Gasteiger partial charge on any atom is -0.384 e. The molecule has 5 nitrogen and oxygen atoms in total. The molecule has 9 heavy (non-hydrogen) atoms. The van der Waals surface area contributed by atoms with Crippen molar-refractivity contribution in [2.45, 2.75) is 0 Å². The fourth-order valence-electron chi connectivity index (χ4n) is 0.388. The van der Waals surface area contributed by atoms with Crippen LogP contribution in [0.4, 0.5) is 11.8 Å². The Morgan fingerprint density at radius 2 is 2.00 bits per heavy atom. The summed E-state index contributed by atoms with van der Waals surface area (Å²) in [4.78, 5) is 7.24. The Labute approximate surface area is 52.7 Å². The lowest BCUT2D eigenvalue weighted by Crippen LogP contribution is -1.96. The summed E-state index contributed by atoms with van der Waals surface area (Å²) in [6.07, 6.45) is 1.51. The molecule has 0 fully saturated rings. The highest BCUT2D eigenvalue weighted by molar-refractivity contribution is 5.31. The molecule has 0 aliphatic heterocycles. The van der Waals surface area contributed by atoms with Crippen molar-refractivity contribution in [1.29, 1.82) is 0 Å². The van der Waals surface area contributed by atoms with E-state index < -0.39 is 0 Å². The Kier molecular flexibility index (Phi) is 2.40. The second kappa shape index (κ2) is 2.83. The molecular formula is C4H9N5. The average Bonchev–Trinajstić information content (AvgIpc) is 1.64. The summed E-state index contributed by atoms with van der Waals surface area (Å²) in [5, 5.41) is 0. The first-order chi connectivity index (χ1) is 3.79. The van der Waals surface area contributed by atoms with Crippen LogP contribution in [0.5, 0.6) is 0 Å². The van der Waals surface area contributed by atoms with Gasteiger partial charge in [-0.05, 0) is 6.07 Å². The molecule has 1 aromatic rings. The summed E-state index contributed by atoms with van der Waals surface area (Å²) in [7, 11) is 0. The van der Waals surface area contributed by atoms with Gasteiger partial charge in [-0.15, -0.1) is 0 Å². The van der Waals surface area contributed by atoms with Crippen molar-refractivity contribution in [2.75, 3.05) is 11.5 Å². The van der Waals surface area contributed by atoms with Gasteiger partial charge in [0, 0.05) is 6.20 Å². The van der Waals surface area contributed by atoms with Crippen LogP contribution in [-0.4, -0.2) is 9.97 Å². The van der Waals surface area contributed by atoms with Gasteiger partial charge in [0.1, 0.15) is 5.82 Å². The van der Waals surface area contributed by atoms with E-state index in [4.69, 9.17) is 11.5 Å². The van der Waals surface area contributed by atoms with Gasteiger partial charge in [0.25, 0.3) is 0 Å². The zero-order valence-electron chi connectivity index (χ0n) is 4.91. The van der Waals surface area contributed by atoms with Crippen LogP contribution >= 0.6 is 0 Å². The summed E-state index contributed by atoms with van der Waals surface area (Å²) in [5.74, 6) is 0.613. The normalized spacial score (nSPS) is 8.00. The molecule has 0 unspecified atom stereocenters. The summed E-state index contributed by atoms with van der Waals surface area (Å²) < 4.78 is 0. The molecule has 0 bridgehead atoms. The number of nitrogens with zero attached hydrogens (tertiary/aromatic N) is 2. The molecule has 7 N–H and O–H groups in total. The first-order valence-electron chi connectivity index (χ1n) is 2.13. The maximum Gasteiger partial charge on any atom is 0.221 e. The molecular weight excluding hydrogens is 118 g/mol. The van der Waals surface area contributed by atoms with Crippen LogP contribution in [0.1, 0.15) is 0 Å². The van der Waals surface area contributed by atoms with E-state index in [9.17, 15) is 0 Å². The Balaban J connectivity index is 0.000000640. The highest BCUT2D eigenvalue weighted by atomic mass is 15.0. The molecule has 0 radical (unpaired) electrons. The lowest BCUT2D eigenvalue weighted by molar-refractivity contribution is 1.19. The molecule has 1 heterocycles. The molecule has 0 atom stereocenters. The van der Waals surface area contributed by atoms with Crippen LogP contribution in [0.2, 0.25) is 0 Å². The van der Waals surface area contributed by atoms with Gasteiger partial charge in [-0.2, -0.15) is 4.98 Å². The van der Waals surface area contributed by atoms with E-state index in [0.29, 0.717) is 5.82 Å². The van der Waals surface area contributed by atoms with Crippen molar-refractivity contribution >= 4 is 11.8 Å². The number of aromatic nitrogens is 2. The highest BCUT2D eigenvalue weighted by Gasteiger charge is 1.84. The molecule has 1 aromatic heterocycles. The maximum absolute atomic E-state index is 5.23. The first kappa shape index (κ1) is 7.64. The number of nitrogen functional groups attached to an aromatic ring is 2. The maximum atomic E-state index is 5.23. The zero-order chi connectivity index (χ0) is 5.98. The Hall–Kier alpha value is -1.36. The monoisotopic (exact) mass is 127 g/mol. The number of hydrogen-bond donors (Lipinski definition) is 3. The van der Waals surface area contributed by atoms with E-state index in [1.165, 1.54) is 6.20 Å². The van der Waals surface area contributed by atoms with E-state index >= 15 is 0 Å². The SMILES string of the molecule is N.Nc1ccnc(N)n1. The van der Waals surface area contributed by atoms with Crippen molar-refractivity contribution in [3.63, 3.8) is 0 Å². The number of nitrogens with two attached hydrogens (primary N) is 2. The summed E-state index contributed by atoms with van der Waals surface area (Å²) >= 11 is 0. The fourth-order valence-corrected chi connectivity index (χ4v) is 0.388. The second-order valence-corrected chi connectivity index (χ2v) is 1.34. The molecule has 0 saturated heterocycles. The Bertz CT molecular complexity index is 169. The van der Waals surface area contributed by atoms with Crippen LogP contribution in [0.25, 0.3) is 0 Å². The average molecular weight is 127 g/mol. The lowest BCUT2D eigenvalue weighted by atomic mass is 10.6. The van der Waals surface area contributed by atoms with Gasteiger partial charge in [0.05, 0.1) is 0 Å². The molecule has 0 spiro atoms. The largest absolute Gasteiger partial charge is 0.384 e. The molecule has 0 amide bonds. The van der Waals surface area contributed by atoms with E-state index in [1.807, 2.05) is 0 Å². The van der Waals surface area contributed by atoms with Crippen LogP contribution in [0.3, 0.4) is 0 Å². The predicted octanol–water partition coefficient (Wildman–Crippen LogP) is -0.197. The number of anilines is 2. The van der Waals surface area contributed by atoms with Crippen LogP contribution < -0.4 is 17.6 Å². The van der Waals surface area contributed by atoms with Gasteiger partial charge in [0.15, 0.2) is 0 Å². The van der Waals surface area contributed by atoms with Crippen molar-refractivity contribution < 1.29 is 0 Å². The minimum atomic E-state index is 0. The van der Waals surface area contributed by atoms with Crippen molar-refractivity contribution in [1.82, 2.24) is 16.1 Å². The van der Waals surface area contributed by atoms with Crippen molar-refractivity contribution in [2.24, 2.45) is 0 Å². The molecule has 0 aromatic carbocycles. The van der Waals surface area contributed by atoms with E-state index in [2.05, 4.69) is 9.97 Å². The van der Waals surface area contributed by atoms with Gasteiger partial charge in [0.2, 0.25) is 5.95 Å². The smallest absolute Gasteiger partial charge is 0.221 e. The third kappa shape index (κ3) is 1.92. The van der Waals surface area contributed by atoms with Crippen molar-refractivity contribution in [3.05, 3.63) is 12.3 Å². The van der Waals surface area contributed by atoms with Gasteiger partial charge in [-0.3, -0.25) is 0 Å². The summed E-state index contributed by atoms with van der Waals surface area (Å²) in [6, 6.07) is 1.58. The van der Waals surface area contributed by atoms with Gasteiger partial charge in [-0.25, -0.2) is 4.98 Å². The lowest BCUT2D eigenvalue weighted by Gasteiger charge is -1.89.